The molecule has 0 aliphatic carbocycles. The number of amides is 2. The van der Waals surface area contributed by atoms with Crippen molar-refractivity contribution in [1.82, 2.24) is 10.6 Å². The van der Waals surface area contributed by atoms with Gasteiger partial charge in [-0.2, -0.15) is 0 Å². The number of benzene rings is 2. The van der Waals surface area contributed by atoms with E-state index in [9.17, 15) is 9.59 Å². The van der Waals surface area contributed by atoms with Crippen molar-refractivity contribution < 1.29 is 19.4 Å². The van der Waals surface area contributed by atoms with E-state index in [1.165, 1.54) is 0 Å². The van der Waals surface area contributed by atoms with Crippen molar-refractivity contribution in [3.63, 3.8) is 0 Å². The van der Waals surface area contributed by atoms with E-state index < -0.39 is 5.91 Å². The van der Waals surface area contributed by atoms with Gasteiger partial charge in [0, 0.05) is 12.1 Å². The van der Waals surface area contributed by atoms with E-state index in [2.05, 4.69) is 10.6 Å². The number of aliphatic hydroxyl groups is 1. The normalized spacial score (nSPS) is 10.9. The molecule has 0 fully saturated rings. The Morgan fingerprint density at radius 2 is 1.77 bits per heavy atom. The molecule has 0 saturated carbocycles. The summed E-state index contributed by atoms with van der Waals surface area (Å²) in [7, 11) is 0. The van der Waals surface area contributed by atoms with Gasteiger partial charge in [-0.25, -0.2) is 0 Å². The van der Waals surface area contributed by atoms with Crippen LogP contribution in [0.25, 0.3) is 6.08 Å². The Bertz CT molecular complexity index is 755. The average molecular weight is 354 g/mol. The smallest absolute Gasteiger partial charge is 0.267 e. The average Bonchev–Trinajstić information content (AvgIpc) is 2.68. The number of nitrogens with one attached hydrogen (secondary N) is 2. The van der Waals surface area contributed by atoms with Gasteiger partial charge in [0.15, 0.2) is 0 Å². The summed E-state index contributed by atoms with van der Waals surface area (Å²) < 4.78 is 5.39. The highest BCUT2D eigenvalue weighted by atomic mass is 16.5. The number of ether oxygens (including phenoxy) is 1. The highest BCUT2D eigenvalue weighted by Crippen LogP contribution is 2.14. The molecule has 0 saturated heterocycles. The molecule has 0 heterocycles. The lowest BCUT2D eigenvalue weighted by Gasteiger charge is -2.11. The first-order valence-electron chi connectivity index (χ1n) is 8.34. The summed E-state index contributed by atoms with van der Waals surface area (Å²) in [5.74, 6) is -0.136. The molecule has 136 valence electrons. The number of carbonyl (C=O) groups is 2. The van der Waals surface area contributed by atoms with E-state index in [1.807, 2.05) is 6.92 Å². The van der Waals surface area contributed by atoms with Crippen LogP contribution in [0.15, 0.2) is 60.3 Å². The number of carbonyl (C=O) groups excluding carboxylic acids is 2. The Kier molecular flexibility index (Phi) is 7.39. The standard InChI is InChI=1S/C20H22N2O4/c1-2-26-17-10-8-15(9-11-17)14-18(20(25)21-12-13-23)22-19(24)16-6-4-3-5-7-16/h3-11,14,23H,2,12-13H2,1H3,(H,21,25)(H,22,24). The van der Waals surface area contributed by atoms with E-state index in [0.29, 0.717) is 12.2 Å². The maximum absolute atomic E-state index is 12.4. The van der Waals surface area contributed by atoms with Crippen LogP contribution in [0.1, 0.15) is 22.8 Å². The summed E-state index contributed by atoms with van der Waals surface area (Å²) in [4.78, 5) is 24.7. The topological polar surface area (TPSA) is 87.7 Å². The molecule has 0 aliphatic rings. The lowest BCUT2D eigenvalue weighted by molar-refractivity contribution is -0.117. The second kappa shape index (κ2) is 10.0. The Hall–Kier alpha value is -3.12. The van der Waals surface area contributed by atoms with Crippen molar-refractivity contribution in [3.05, 3.63) is 71.4 Å². The molecule has 3 N–H and O–H groups in total. The third-order valence-electron chi connectivity index (χ3n) is 3.43. The first-order chi connectivity index (χ1) is 12.6. The predicted molar refractivity (Wildman–Crippen MR) is 99.6 cm³/mol. The molecular formula is C20H22N2O4. The van der Waals surface area contributed by atoms with Crippen molar-refractivity contribution in [3.8, 4) is 5.75 Å². The fourth-order valence-electron chi connectivity index (χ4n) is 2.20. The molecule has 6 nitrogen and oxygen atoms in total. The van der Waals surface area contributed by atoms with Crippen molar-refractivity contribution in [2.75, 3.05) is 19.8 Å². The van der Waals surface area contributed by atoms with Crippen LogP contribution in [0.4, 0.5) is 0 Å². The number of hydrogen-bond donors (Lipinski definition) is 3. The summed E-state index contributed by atoms with van der Waals surface area (Å²) in [6.45, 7) is 2.38. The van der Waals surface area contributed by atoms with Gasteiger partial charge in [0.05, 0.1) is 13.2 Å². The lowest BCUT2D eigenvalue weighted by atomic mass is 10.1. The summed E-state index contributed by atoms with van der Waals surface area (Å²) in [5.41, 5.74) is 1.27. The Morgan fingerprint density at radius 1 is 1.08 bits per heavy atom. The zero-order valence-corrected chi connectivity index (χ0v) is 14.6. The second-order valence-electron chi connectivity index (χ2n) is 5.36. The SMILES string of the molecule is CCOc1ccc(C=C(NC(=O)c2ccccc2)C(=O)NCCO)cc1. The fraction of sp³-hybridized carbons (Fsp3) is 0.200. The quantitative estimate of drug-likeness (QED) is 0.633. The van der Waals surface area contributed by atoms with Crippen LogP contribution in [0, 0.1) is 0 Å². The number of rotatable bonds is 8. The molecular weight excluding hydrogens is 332 g/mol. The van der Waals surface area contributed by atoms with Crippen molar-refractivity contribution in [2.24, 2.45) is 0 Å². The van der Waals surface area contributed by atoms with E-state index in [0.717, 1.165) is 11.3 Å². The van der Waals surface area contributed by atoms with E-state index in [1.54, 1.807) is 60.7 Å². The van der Waals surface area contributed by atoms with Crippen LogP contribution in [0.5, 0.6) is 5.75 Å². The van der Waals surface area contributed by atoms with Crippen molar-refractivity contribution in [1.29, 1.82) is 0 Å². The van der Waals surface area contributed by atoms with Crippen LogP contribution < -0.4 is 15.4 Å². The van der Waals surface area contributed by atoms with Gasteiger partial charge < -0.3 is 20.5 Å². The van der Waals surface area contributed by atoms with Crippen LogP contribution in [-0.4, -0.2) is 36.7 Å². The molecule has 0 atom stereocenters. The maximum Gasteiger partial charge on any atom is 0.267 e. The lowest BCUT2D eigenvalue weighted by Crippen LogP contribution is -2.36. The molecule has 0 aliphatic heterocycles. The third-order valence-corrected chi connectivity index (χ3v) is 3.43. The van der Waals surface area contributed by atoms with E-state index in [-0.39, 0.29) is 24.8 Å². The highest BCUT2D eigenvalue weighted by molar-refractivity contribution is 6.05. The molecule has 2 amide bonds. The zero-order valence-electron chi connectivity index (χ0n) is 14.6. The molecule has 0 aromatic heterocycles. The second-order valence-corrected chi connectivity index (χ2v) is 5.36. The summed E-state index contributed by atoms with van der Waals surface area (Å²) >= 11 is 0. The molecule has 26 heavy (non-hydrogen) atoms. The molecule has 2 aromatic rings. The predicted octanol–water partition coefficient (Wildman–Crippen LogP) is 1.96. The third kappa shape index (κ3) is 5.75. The zero-order chi connectivity index (χ0) is 18.8. The van der Waals surface area contributed by atoms with Crippen LogP contribution in [0.2, 0.25) is 0 Å². The van der Waals surface area contributed by atoms with E-state index >= 15 is 0 Å². The van der Waals surface area contributed by atoms with Gasteiger partial charge in [-0.15, -0.1) is 0 Å². The molecule has 2 aromatic carbocycles. The summed E-state index contributed by atoms with van der Waals surface area (Å²) in [6, 6.07) is 15.8. The van der Waals surface area contributed by atoms with Crippen LogP contribution in [-0.2, 0) is 4.79 Å². The van der Waals surface area contributed by atoms with Gasteiger partial charge in [-0.05, 0) is 42.8 Å². The van der Waals surface area contributed by atoms with Gasteiger partial charge in [-0.3, -0.25) is 9.59 Å². The van der Waals surface area contributed by atoms with Gasteiger partial charge in [0.2, 0.25) is 0 Å². The van der Waals surface area contributed by atoms with Crippen molar-refractivity contribution in [2.45, 2.75) is 6.92 Å². The van der Waals surface area contributed by atoms with Crippen molar-refractivity contribution >= 4 is 17.9 Å². The first-order valence-corrected chi connectivity index (χ1v) is 8.34. The molecule has 0 radical (unpaired) electrons. The Labute approximate surface area is 152 Å². The van der Waals surface area contributed by atoms with E-state index in [4.69, 9.17) is 9.84 Å². The minimum Gasteiger partial charge on any atom is -0.494 e. The van der Waals surface area contributed by atoms with Gasteiger partial charge in [0.1, 0.15) is 11.4 Å². The van der Waals surface area contributed by atoms with Gasteiger partial charge >= 0.3 is 0 Å². The molecule has 0 spiro atoms. The minimum atomic E-state index is -0.475. The molecule has 2 rings (SSSR count). The number of aliphatic hydroxyl groups excluding tert-OH is 1. The maximum atomic E-state index is 12.4. The fourth-order valence-corrected chi connectivity index (χ4v) is 2.20. The molecule has 0 unspecified atom stereocenters. The summed E-state index contributed by atoms with van der Waals surface area (Å²) in [6.07, 6.45) is 1.57. The Balaban J connectivity index is 2.22. The monoisotopic (exact) mass is 354 g/mol. The summed E-state index contributed by atoms with van der Waals surface area (Å²) in [5, 5.41) is 14.1. The highest BCUT2D eigenvalue weighted by Gasteiger charge is 2.14. The Morgan fingerprint density at radius 3 is 2.38 bits per heavy atom. The largest absolute Gasteiger partial charge is 0.494 e. The van der Waals surface area contributed by atoms with Gasteiger partial charge in [-0.1, -0.05) is 30.3 Å². The van der Waals surface area contributed by atoms with Crippen LogP contribution in [0.3, 0.4) is 0 Å². The minimum absolute atomic E-state index is 0.0939. The number of hydrogen-bond acceptors (Lipinski definition) is 4. The van der Waals surface area contributed by atoms with Crippen LogP contribution >= 0.6 is 0 Å². The van der Waals surface area contributed by atoms with Gasteiger partial charge in [0.25, 0.3) is 11.8 Å². The molecule has 0 bridgehead atoms. The first kappa shape index (κ1) is 19.2. The molecule has 6 heteroatoms.